The number of aryl methyl sites for hydroxylation is 2. The molecule has 3 aromatic rings. The fourth-order valence-electron chi connectivity index (χ4n) is 2.77. The highest BCUT2D eigenvalue weighted by Crippen LogP contribution is 2.30. The van der Waals surface area contributed by atoms with Crippen LogP contribution in [0.3, 0.4) is 0 Å². The topological polar surface area (TPSA) is 64.0 Å². The first-order chi connectivity index (χ1) is 12.8. The van der Waals surface area contributed by atoms with Crippen molar-refractivity contribution in [3.8, 4) is 0 Å². The zero-order chi connectivity index (χ0) is 19.7. The molecule has 0 bridgehead atoms. The number of aromatic nitrogens is 2. The zero-order valence-electron chi connectivity index (χ0n) is 16.0. The van der Waals surface area contributed by atoms with Crippen LogP contribution in [0.4, 0.5) is 0 Å². The molecule has 144 valence electrons. The Balaban J connectivity index is 1.87. The third-order valence-electron chi connectivity index (χ3n) is 4.39. The monoisotopic (exact) mass is 421 g/mol. The van der Waals surface area contributed by atoms with E-state index in [2.05, 4.69) is 5.32 Å². The van der Waals surface area contributed by atoms with E-state index in [1.807, 2.05) is 52.1 Å². The summed E-state index contributed by atoms with van der Waals surface area (Å²) in [6, 6.07) is 3.93. The highest BCUT2D eigenvalue weighted by molar-refractivity contribution is 8.00. The largest absolute Gasteiger partial charge is 0.350 e. The maximum absolute atomic E-state index is 13.1. The maximum Gasteiger partial charge on any atom is 0.263 e. The number of hydrogen-bond acceptors (Lipinski definition) is 6. The minimum absolute atomic E-state index is 0.0226. The molecule has 0 radical (unpaired) electrons. The van der Waals surface area contributed by atoms with Gasteiger partial charge in [0, 0.05) is 15.8 Å². The number of thiophene rings is 2. The summed E-state index contributed by atoms with van der Waals surface area (Å²) >= 11 is 4.49. The first kappa shape index (κ1) is 20.1. The van der Waals surface area contributed by atoms with Gasteiger partial charge >= 0.3 is 0 Å². The fourth-order valence-corrected chi connectivity index (χ4v) is 5.55. The molecule has 0 spiro atoms. The lowest BCUT2D eigenvalue weighted by molar-refractivity contribution is -0.120. The molecule has 0 saturated heterocycles. The summed E-state index contributed by atoms with van der Waals surface area (Å²) in [7, 11) is 0. The molecule has 0 fully saturated rings. The number of rotatable bonds is 6. The second kappa shape index (κ2) is 8.16. The lowest BCUT2D eigenvalue weighted by Gasteiger charge is -2.18. The fraction of sp³-hybridized carbons (Fsp3) is 0.421. The predicted octanol–water partition coefficient (Wildman–Crippen LogP) is 4.51. The van der Waals surface area contributed by atoms with Crippen LogP contribution in [-0.2, 0) is 11.3 Å². The van der Waals surface area contributed by atoms with Crippen LogP contribution in [0.25, 0.3) is 10.2 Å². The number of amides is 1. The van der Waals surface area contributed by atoms with Crippen molar-refractivity contribution in [1.82, 2.24) is 14.9 Å². The van der Waals surface area contributed by atoms with Gasteiger partial charge in [-0.1, -0.05) is 17.8 Å². The van der Waals surface area contributed by atoms with Gasteiger partial charge in [0.25, 0.3) is 5.56 Å². The van der Waals surface area contributed by atoms with Gasteiger partial charge in [0.05, 0.1) is 17.2 Å². The number of carbonyl (C=O) groups excluding carboxylic acids is 1. The highest BCUT2D eigenvalue weighted by Gasteiger charge is 2.22. The molecule has 0 unspecified atom stereocenters. The molecule has 3 heterocycles. The van der Waals surface area contributed by atoms with Gasteiger partial charge in [0.1, 0.15) is 4.83 Å². The van der Waals surface area contributed by atoms with Crippen molar-refractivity contribution in [2.45, 2.75) is 57.6 Å². The van der Waals surface area contributed by atoms with Gasteiger partial charge in [-0.05, 0) is 51.6 Å². The Morgan fingerprint density at radius 3 is 2.70 bits per heavy atom. The molecule has 1 amide bonds. The van der Waals surface area contributed by atoms with Gasteiger partial charge in [-0.15, -0.1) is 22.7 Å². The number of nitrogens with one attached hydrogen (secondary N) is 1. The smallest absolute Gasteiger partial charge is 0.263 e. The molecule has 8 heteroatoms. The molecule has 3 rings (SSSR count). The summed E-state index contributed by atoms with van der Waals surface area (Å²) in [6.07, 6.45) is 0. The third-order valence-corrected chi connectivity index (χ3v) is 7.43. The van der Waals surface area contributed by atoms with Gasteiger partial charge in [-0.3, -0.25) is 14.2 Å². The SMILES string of the molecule is Cc1sc2nc(S[C@@H](C)C(=O)NCc3cccs3)n(C(C)C)c(=O)c2c1C. The van der Waals surface area contributed by atoms with Gasteiger partial charge in [-0.25, -0.2) is 4.98 Å². The molecule has 0 aliphatic heterocycles. The minimum Gasteiger partial charge on any atom is -0.350 e. The van der Waals surface area contributed by atoms with Crippen molar-refractivity contribution in [2.24, 2.45) is 0 Å². The molecule has 1 atom stereocenters. The second-order valence-corrected chi connectivity index (χ2v) is 10.2. The maximum atomic E-state index is 13.1. The van der Waals surface area contributed by atoms with Crippen LogP contribution in [0, 0.1) is 13.8 Å². The van der Waals surface area contributed by atoms with E-state index in [1.165, 1.54) is 23.1 Å². The quantitative estimate of drug-likeness (QED) is 0.470. The highest BCUT2D eigenvalue weighted by atomic mass is 32.2. The summed E-state index contributed by atoms with van der Waals surface area (Å²) in [6.45, 7) is 10.3. The Hall–Kier alpha value is -1.64. The number of carbonyl (C=O) groups is 1. The Morgan fingerprint density at radius 1 is 1.33 bits per heavy atom. The Bertz CT molecular complexity index is 1020. The van der Waals surface area contributed by atoms with Crippen LogP contribution in [0.15, 0.2) is 27.5 Å². The molecular weight excluding hydrogens is 398 g/mol. The molecule has 5 nitrogen and oxygen atoms in total. The van der Waals surface area contributed by atoms with E-state index in [-0.39, 0.29) is 22.8 Å². The zero-order valence-corrected chi connectivity index (χ0v) is 18.5. The Labute approximate surface area is 170 Å². The average Bonchev–Trinajstić information content (AvgIpc) is 3.21. The van der Waals surface area contributed by atoms with E-state index < -0.39 is 0 Å². The van der Waals surface area contributed by atoms with Crippen molar-refractivity contribution in [3.63, 3.8) is 0 Å². The Morgan fingerprint density at radius 2 is 2.07 bits per heavy atom. The molecular formula is C19H23N3O2S3. The van der Waals surface area contributed by atoms with Crippen molar-refractivity contribution in [3.05, 3.63) is 43.2 Å². The van der Waals surface area contributed by atoms with Gasteiger partial charge in [0.2, 0.25) is 5.91 Å². The molecule has 0 aliphatic rings. The van der Waals surface area contributed by atoms with Gasteiger partial charge in [-0.2, -0.15) is 0 Å². The average molecular weight is 422 g/mol. The summed E-state index contributed by atoms with van der Waals surface area (Å²) < 4.78 is 1.70. The lowest BCUT2D eigenvalue weighted by Crippen LogP contribution is -2.31. The van der Waals surface area contributed by atoms with Crippen LogP contribution in [0.2, 0.25) is 0 Å². The van der Waals surface area contributed by atoms with Crippen LogP contribution in [-0.4, -0.2) is 20.7 Å². The standard InChI is InChI=1S/C19H23N3O2S3/c1-10(2)22-18(24)15-11(3)12(4)26-17(15)21-19(22)27-13(5)16(23)20-9-14-7-6-8-25-14/h6-8,10,13H,9H2,1-5H3,(H,20,23)/t13-/m0/s1. The van der Waals surface area contributed by atoms with Crippen LogP contribution in [0.5, 0.6) is 0 Å². The summed E-state index contributed by atoms with van der Waals surface area (Å²) in [4.78, 5) is 33.3. The summed E-state index contributed by atoms with van der Waals surface area (Å²) in [5.74, 6) is -0.0587. The van der Waals surface area contributed by atoms with E-state index in [1.54, 1.807) is 15.9 Å². The van der Waals surface area contributed by atoms with Crippen LogP contribution < -0.4 is 10.9 Å². The van der Waals surface area contributed by atoms with Crippen LogP contribution in [0.1, 0.15) is 42.1 Å². The summed E-state index contributed by atoms with van der Waals surface area (Å²) in [5, 5.41) is 5.90. The van der Waals surface area contributed by atoms with E-state index >= 15 is 0 Å². The van der Waals surface area contributed by atoms with Gasteiger partial charge in [0.15, 0.2) is 5.16 Å². The first-order valence-corrected chi connectivity index (χ1v) is 11.4. The summed E-state index contributed by atoms with van der Waals surface area (Å²) in [5.41, 5.74) is 0.978. The number of fused-ring (bicyclic) bond motifs is 1. The first-order valence-electron chi connectivity index (χ1n) is 8.78. The molecule has 1 N–H and O–H groups in total. The van der Waals surface area contributed by atoms with Crippen molar-refractivity contribution < 1.29 is 4.79 Å². The molecule has 0 aromatic carbocycles. The molecule has 27 heavy (non-hydrogen) atoms. The molecule has 3 aromatic heterocycles. The van der Waals surface area contributed by atoms with E-state index in [4.69, 9.17) is 4.98 Å². The van der Waals surface area contributed by atoms with E-state index in [9.17, 15) is 9.59 Å². The molecule has 0 saturated carbocycles. The normalized spacial score (nSPS) is 12.7. The van der Waals surface area contributed by atoms with Crippen molar-refractivity contribution in [1.29, 1.82) is 0 Å². The van der Waals surface area contributed by atoms with Crippen LogP contribution >= 0.6 is 34.4 Å². The number of nitrogens with zero attached hydrogens (tertiary/aromatic N) is 2. The van der Waals surface area contributed by atoms with Crippen molar-refractivity contribution >= 4 is 50.6 Å². The van der Waals surface area contributed by atoms with E-state index in [0.717, 1.165) is 20.1 Å². The Kier molecular flexibility index (Phi) is 6.08. The minimum atomic E-state index is -0.346. The number of thioether (sulfide) groups is 1. The van der Waals surface area contributed by atoms with Crippen molar-refractivity contribution in [2.75, 3.05) is 0 Å². The van der Waals surface area contributed by atoms with E-state index in [0.29, 0.717) is 17.1 Å². The lowest BCUT2D eigenvalue weighted by atomic mass is 10.2. The molecule has 0 aliphatic carbocycles. The third kappa shape index (κ3) is 4.12. The van der Waals surface area contributed by atoms with Gasteiger partial charge < -0.3 is 5.32 Å². The second-order valence-electron chi connectivity index (χ2n) is 6.68. The predicted molar refractivity (Wildman–Crippen MR) is 115 cm³/mol. The number of hydrogen-bond donors (Lipinski definition) is 1.